The van der Waals surface area contributed by atoms with Crippen molar-refractivity contribution in [3.8, 4) is 11.5 Å². The molecule has 0 amide bonds. The maximum absolute atomic E-state index is 13.1. The summed E-state index contributed by atoms with van der Waals surface area (Å²) in [6, 6.07) is 9.27. The fourth-order valence-corrected chi connectivity index (χ4v) is 1.70. The van der Waals surface area contributed by atoms with Crippen LogP contribution in [0.1, 0.15) is 5.56 Å². The monoisotopic (exact) mass is 301 g/mol. The quantitative estimate of drug-likeness (QED) is 0.837. The van der Waals surface area contributed by atoms with Crippen molar-refractivity contribution in [2.45, 2.75) is 12.9 Å². The summed E-state index contributed by atoms with van der Waals surface area (Å²) >= 11 is 0. The predicted molar refractivity (Wildman–Crippen MR) is 68.5 cm³/mol. The molecule has 0 unspecified atom stereocenters. The Hall–Kier alpha value is -2.44. The molecule has 0 aliphatic carbocycles. The average Bonchev–Trinajstić information content (AvgIpc) is 2.39. The van der Waals surface area contributed by atoms with E-state index in [2.05, 4.69) is 10.1 Å². The zero-order valence-corrected chi connectivity index (χ0v) is 10.6. The summed E-state index contributed by atoms with van der Waals surface area (Å²) in [6.07, 6.45) is -4.76. The molecule has 3 nitrogen and oxygen atoms in total. The number of hydrogen-bond acceptors (Lipinski definition) is 3. The Morgan fingerprint density at radius 1 is 1.10 bits per heavy atom. The van der Waals surface area contributed by atoms with Crippen molar-refractivity contribution < 1.29 is 27.4 Å². The fourth-order valence-electron chi connectivity index (χ4n) is 1.70. The summed E-state index contributed by atoms with van der Waals surface area (Å²) in [5.74, 6) is -1.62. The molecule has 0 heterocycles. The van der Waals surface area contributed by atoms with Gasteiger partial charge in [0.1, 0.15) is 5.75 Å². The topological polar surface area (TPSA) is 41.5 Å². The molecule has 2 rings (SSSR count). The first-order chi connectivity index (χ1) is 9.85. The van der Waals surface area contributed by atoms with Gasteiger partial charge in [-0.25, -0.2) is 4.39 Å². The van der Waals surface area contributed by atoms with E-state index in [-0.39, 0.29) is 17.9 Å². The summed E-state index contributed by atoms with van der Waals surface area (Å²) in [5.41, 5.74) is 0.637. The van der Waals surface area contributed by atoms with Crippen LogP contribution in [0.4, 0.5) is 23.2 Å². The van der Waals surface area contributed by atoms with Gasteiger partial charge in [-0.15, -0.1) is 13.2 Å². The van der Waals surface area contributed by atoms with Crippen molar-refractivity contribution in [2.24, 2.45) is 0 Å². The van der Waals surface area contributed by atoms with Crippen LogP contribution in [-0.4, -0.2) is 11.5 Å². The Labute approximate surface area is 117 Å². The lowest BCUT2D eigenvalue weighted by Crippen LogP contribution is -2.17. The molecule has 0 aliphatic heterocycles. The van der Waals surface area contributed by atoms with Gasteiger partial charge in [-0.05, 0) is 18.2 Å². The zero-order valence-electron chi connectivity index (χ0n) is 10.6. The molecule has 0 aliphatic rings. The lowest BCUT2D eigenvalue weighted by Gasteiger charge is -2.12. The van der Waals surface area contributed by atoms with Gasteiger partial charge in [-0.1, -0.05) is 18.2 Å². The van der Waals surface area contributed by atoms with Crippen molar-refractivity contribution in [2.75, 3.05) is 5.32 Å². The van der Waals surface area contributed by atoms with Crippen LogP contribution in [0.25, 0.3) is 0 Å². The number of aromatic hydroxyl groups is 1. The number of halogens is 4. The molecule has 0 bridgehead atoms. The van der Waals surface area contributed by atoms with E-state index in [1.807, 2.05) is 0 Å². The standard InChI is InChI=1S/C14H11F4NO2/c15-12-6-1-3-9(13(12)20)8-19-10-4-2-5-11(7-10)21-14(16,17)18/h1-7,19-20H,8H2. The molecule has 2 aromatic rings. The van der Waals surface area contributed by atoms with Gasteiger partial charge in [0.25, 0.3) is 0 Å². The number of para-hydroxylation sites is 1. The number of hydrogen-bond donors (Lipinski definition) is 2. The van der Waals surface area contributed by atoms with Crippen LogP contribution in [-0.2, 0) is 6.54 Å². The van der Waals surface area contributed by atoms with E-state index in [9.17, 15) is 22.7 Å². The summed E-state index contributed by atoms with van der Waals surface area (Å²) in [7, 11) is 0. The van der Waals surface area contributed by atoms with Gasteiger partial charge in [0.15, 0.2) is 11.6 Å². The molecular formula is C14H11F4NO2. The van der Waals surface area contributed by atoms with Crippen LogP contribution in [0, 0.1) is 5.82 Å². The molecule has 7 heteroatoms. The molecule has 0 fully saturated rings. The van der Waals surface area contributed by atoms with Crippen molar-refractivity contribution in [1.29, 1.82) is 0 Å². The second-order valence-corrected chi connectivity index (χ2v) is 4.18. The van der Waals surface area contributed by atoms with E-state index in [1.54, 1.807) is 0 Å². The molecular weight excluding hydrogens is 290 g/mol. The van der Waals surface area contributed by atoms with Crippen LogP contribution in [0.2, 0.25) is 0 Å². The first kappa shape index (κ1) is 15.0. The number of nitrogens with one attached hydrogen (secondary N) is 1. The molecule has 0 aromatic heterocycles. The second-order valence-electron chi connectivity index (χ2n) is 4.18. The fraction of sp³-hybridized carbons (Fsp3) is 0.143. The van der Waals surface area contributed by atoms with E-state index >= 15 is 0 Å². The molecule has 0 saturated carbocycles. The molecule has 2 aromatic carbocycles. The van der Waals surface area contributed by atoms with E-state index in [4.69, 9.17) is 0 Å². The third-order valence-corrected chi connectivity index (χ3v) is 2.62. The van der Waals surface area contributed by atoms with Gasteiger partial charge in [-0.2, -0.15) is 0 Å². The number of phenols is 1. The van der Waals surface area contributed by atoms with Crippen molar-refractivity contribution in [3.05, 3.63) is 53.8 Å². The van der Waals surface area contributed by atoms with Crippen molar-refractivity contribution in [1.82, 2.24) is 0 Å². The molecule has 0 saturated heterocycles. The second kappa shape index (κ2) is 5.90. The van der Waals surface area contributed by atoms with Gasteiger partial charge in [-0.3, -0.25) is 0 Å². The highest BCUT2D eigenvalue weighted by Gasteiger charge is 2.31. The largest absolute Gasteiger partial charge is 0.573 e. The SMILES string of the molecule is Oc1c(F)cccc1CNc1cccc(OC(F)(F)F)c1. The molecule has 0 atom stereocenters. The number of anilines is 1. The summed E-state index contributed by atoms with van der Waals surface area (Å²) in [4.78, 5) is 0. The number of ether oxygens (including phenoxy) is 1. The predicted octanol–water partition coefficient (Wildman–Crippen LogP) is 4.04. The number of alkyl halides is 3. The van der Waals surface area contributed by atoms with Gasteiger partial charge >= 0.3 is 6.36 Å². The van der Waals surface area contributed by atoms with E-state index in [1.165, 1.54) is 30.3 Å². The lowest BCUT2D eigenvalue weighted by molar-refractivity contribution is -0.274. The van der Waals surface area contributed by atoms with Crippen LogP contribution >= 0.6 is 0 Å². The Kier molecular flexibility index (Phi) is 4.21. The maximum atomic E-state index is 13.1. The normalized spacial score (nSPS) is 11.2. The molecule has 0 spiro atoms. The third-order valence-electron chi connectivity index (χ3n) is 2.62. The van der Waals surface area contributed by atoms with Gasteiger partial charge in [0.2, 0.25) is 0 Å². The van der Waals surface area contributed by atoms with Crippen LogP contribution < -0.4 is 10.1 Å². The van der Waals surface area contributed by atoms with E-state index in [0.29, 0.717) is 5.69 Å². The van der Waals surface area contributed by atoms with Crippen molar-refractivity contribution in [3.63, 3.8) is 0 Å². The summed E-state index contributed by atoms with van der Waals surface area (Å²) in [6.45, 7) is 0.0546. The minimum absolute atomic E-state index is 0.0546. The average molecular weight is 301 g/mol. The van der Waals surface area contributed by atoms with Crippen LogP contribution in [0.3, 0.4) is 0 Å². The number of rotatable bonds is 4. The van der Waals surface area contributed by atoms with Gasteiger partial charge < -0.3 is 15.2 Å². The lowest BCUT2D eigenvalue weighted by atomic mass is 10.2. The molecule has 0 radical (unpaired) electrons. The highest BCUT2D eigenvalue weighted by molar-refractivity contribution is 5.49. The molecule has 2 N–H and O–H groups in total. The first-order valence-electron chi connectivity index (χ1n) is 5.91. The maximum Gasteiger partial charge on any atom is 0.573 e. The third kappa shape index (κ3) is 4.27. The first-order valence-corrected chi connectivity index (χ1v) is 5.91. The number of benzene rings is 2. The summed E-state index contributed by atoms with van der Waals surface area (Å²) < 4.78 is 53.2. The van der Waals surface area contributed by atoms with Gasteiger partial charge in [0, 0.05) is 23.9 Å². The van der Waals surface area contributed by atoms with Gasteiger partial charge in [0.05, 0.1) is 0 Å². The van der Waals surface area contributed by atoms with Crippen LogP contribution in [0.15, 0.2) is 42.5 Å². The molecule has 21 heavy (non-hydrogen) atoms. The number of phenolic OH excluding ortho intramolecular Hbond substituents is 1. The summed E-state index contributed by atoms with van der Waals surface area (Å²) in [5, 5.41) is 12.3. The Bertz CT molecular complexity index is 629. The Morgan fingerprint density at radius 2 is 1.81 bits per heavy atom. The Morgan fingerprint density at radius 3 is 2.52 bits per heavy atom. The van der Waals surface area contributed by atoms with E-state index in [0.717, 1.165) is 12.1 Å². The smallest absolute Gasteiger partial charge is 0.505 e. The minimum Gasteiger partial charge on any atom is -0.505 e. The highest BCUT2D eigenvalue weighted by Crippen LogP contribution is 2.26. The van der Waals surface area contributed by atoms with Crippen molar-refractivity contribution >= 4 is 5.69 Å². The van der Waals surface area contributed by atoms with Crippen LogP contribution in [0.5, 0.6) is 11.5 Å². The minimum atomic E-state index is -4.76. The molecule has 112 valence electrons. The van der Waals surface area contributed by atoms with E-state index < -0.39 is 17.9 Å². The Balaban J connectivity index is 2.07. The zero-order chi connectivity index (χ0) is 15.5. The highest BCUT2D eigenvalue weighted by atomic mass is 19.4.